The molecule has 0 aliphatic heterocycles. The Morgan fingerprint density at radius 3 is 0.957 bits per heavy atom. The van der Waals surface area contributed by atoms with Gasteiger partial charge in [0.2, 0.25) is 0 Å². The summed E-state index contributed by atoms with van der Waals surface area (Å²) in [6, 6.07) is 32.7. The van der Waals surface area contributed by atoms with Crippen LogP contribution in [0.4, 0.5) is 0 Å². The standard InChI is InChI=1S/C21H21P.ClH/c1-4-10-19(11-5-1)16-22(17-20-12-6-2-7-13-20)18-21-14-8-3-9-15-21;/h1-15H,16-18H2;1H. The van der Waals surface area contributed by atoms with E-state index in [1.54, 1.807) is 0 Å². The number of hydrogen-bond donors (Lipinski definition) is 0. The van der Waals surface area contributed by atoms with Crippen LogP contribution in [0.15, 0.2) is 91.0 Å². The second kappa shape index (κ2) is 9.50. The minimum absolute atomic E-state index is 0. The van der Waals surface area contributed by atoms with Crippen LogP contribution < -0.4 is 0 Å². The first-order chi connectivity index (χ1) is 10.9. The van der Waals surface area contributed by atoms with Crippen molar-refractivity contribution in [2.45, 2.75) is 18.5 Å². The maximum Gasteiger partial charge on any atom is -0.00671 e. The first-order valence-electron chi connectivity index (χ1n) is 7.74. The molecule has 118 valence electrons. The summed E-state index contributed by atoms with van der Waals surface area (Å²) in [5, 5.41) is 0. The zero-order valence-corrected chi connectivity index (χ0v) is 14.8. The van der Waals surface area contributed by atoms with Crippen LogP contribution in [0.5, 0.6) is 0 Å². The van der Waals surface area contributed by atoms with Gasteiger partial charge in [0, 0.05) is 0 Å². The molecule has 0 heterocycles. The third-order valence-corrected chi connectivity index (χ3v) is 6.18. The number of halogens is 1. The van der Waals surface area contributed by atoms with Gasteiger partial charge in [-0.25, -0.2) is 0 Å². The summed E-state index contributed by atoms with van der Waals surface area (Å²) >= 11 is 0. The average molecular weight is 341 g/mol. The Hall–Kier alpha value is -1.62. The molecule has 3 aromatic rings. The van der Waals surface area contributed by atoms with Gasteiger partial charge in [0.05, 0.1) is 0 Å². The van der Waals surface area contributed by atoms with E-state index >= 15 is 0 Å². The van der Waals surface area contributed by atoms with Crippen molar-refractivity contribution in [2.75, 3.05) is 0 Å². The number of benzene rings is 3. The van der Waals surface area contributed by atoms with Crippen molar-refractivity contribution in [3.63, 3.8) is 0 Å². The van der Waals surface area contributed by atoms with Crippen LogP contribution >= 0.6 is 20.3 Å². The summed E-state index contributed by atoms with van der Waals surface area (Å²) in [4.78, 5) is 0. The SMILES string of the molecule is Cl.c1ccc(CP(Cc2ccccc2)Cc2ccccc2)cc1. The van der Waals surface area contributed by atoms with Gasteiger partial charge in [-0.1, -0.05) is 98.9 Å². The van der Waals surface area contributed by atoms with E-state index in [0.29, 0.717) is 0 Å². The van der Waals surface area contributed by atoms with Gasteiger partial charge in [-0.05, 0) is 35.2 Å². The Morgan fingerprint density at radius 2 is 0.696 bits per heavy atom. The summed E-state index contributed by atoms with van der Waals surface area (Å²) in [7, 11) is -0.0895. The molecule has 23 heavy (non-hydrogen) atoms. The molecular formula is C21H22ClP. The van der Waals surface area contributed by atoms with E-state index in [1.165, 1.54) is 35.2 Å². The van der Waals surface area contributed by atoms with E-state index < -0.39 is 0 Å². The molecule has 0 aliphatic rings. The highest BCUT2D eigenvalue weighted by molar-refractivity contribution is 7.55. The summed E-state index contributed by atoms with van der Waals surface area (Å²) in [6.07, 6.45) is 3.58. The van der Waals surface area contributed by atoms with Gasteiger partial charge in [-0.3, -0.25) is 0 Å². The highest BCUT2D eigenvalue weighted by Crippen LogP contribution is 2.46. The van der Waals surface area contributed by atoms with Crippen LogP contribution in [0.3, 0.4) is 0 Å². The van der Waals surface area contributed by atoms with Gasteiger partial charge in [0.25, 0.3) is 0 Å². The molecule has 0 nitrogen and oxygen atoms in total. The van der Waals surface area contributed by atoms with Crippen molar-refractivity contribution in [3.05, 3.63) is 108 Å². The molecular weight excluding hydrogens is 319 g/mol. The van der Waals surface area contributed by atoms with Crippen molar-refractivity contribution >= 4 is 20.3 Å². The molecule has 2 heteroatoms. The summed E-state index contributed by atoms with van der Waals surface area (Å²) < 4.78 is 0. The average Bonchev–Trinajstić information content (AvgIpc) is 2.57. The van der Waals surface area contributed by atoms with Gasteiger partial charge in [-0.15, -0.1) is 12.4 Å². The highest BCUT2D eigenvalue weighted by Gasteiger charge is 2.11. The zero-order valence-electron chi connectivity index (χ0n) is 13.1. The van der Waals surface area contributed by atoms with E-state index in [-0.39, 0.29) is 20.3 Å². The molecule has 0 aromatic heterocycles. The fourth-order valence-electron chi connectivity index (χ4n) is 2.69. The van der Waals surface area contributed by atoms with Crippen LogP contribution in [0.1, 0.15) is 16.7 Å². The molecule has 3 aromatic carbocycles. The fourth-order valence-corrected chi connectivity index (χ4v) is 5.21. The lowest BCUT2D eigenvalue weighted by Crippen LogP contribution is -1.93. The van der Waals surface area contributed by atoms with Gasteiger partial charge < -0.3 is 0 Å². The third kappa shape index (κ3) is 5.82. The second-order valence-corrected chi connectivity index (χ2v) is 7.89. The molecule has 0 atom stereocenters. The lowest BCUT2D eigenvalue weighted by atomic mass is 10.2. The van der Waals surface area contributed by atoms with Crippen molar-refractivity contribution in [3.8, 4) is 0 Å². The van der Waals surface area contributed by atoms with E-state index in [4.69, 9.17) is 0 Å². The predicted octanol–water partition coefficient (Wildman–Crippen LogP) is 6.49. The smallest absolute Gasteiger partial charge is 0.00671 e. The third-order valence-electron chi connectivity index (χ3n) is 3.75. The topological polar surface area (TPSA) is 0 Å². The van der Waals surface area contributed by atoms with Crippen molar-refractivity contribution in [1.82, 2.24) is 0 Å². The van der Waals surface area contributed by atoms with Gasteiger partial charge >= 0.3 is 0 Å². The highest BCUT2D eigenvalue weighted by atomic mass is 35.5. The monoisotopic (exact) mass is 340 g/mol. The summed E-state index contributed by atoms with van der Waals surface area (Å²) in [5.74, 6) is 0. The summed E-state index contributed by atoms with van der Waals surface area (Å²) in [5.41, 5.74) is 4.38. The van der Waals surface area contributed by atoms with Crippen LogP contribution in [0, 0.1) is 0 Å². The van der Waals surface area contributed by atoms with Crippen LogP contribution in [0.25, 0.3) is 0 Å². The van der Waals surface area contributed by atoms with Crippen molar-refractivity contribution in [1.29, 1.82) is 0 Å². The first-order valence-corrected chi connectivity index (χ1v) is 9.64. The normalized spacial score (nSPS) is 10.3. The minimum Gasteiger partial charge on any atom is -0.147 e. The largest absolute Gasteiger partial charge is 0.147 e. The molecule has 0 radical (unpaired) electrons. The lowest BCUT2D eigenvalue weighted by Gasteiger charge is -2.18. The molecule has 0 unspecified atom stereocenters. The molecule has 0 N–H and O–H groups in total. The van der Waals surface area contributed by atoms with E-state index in [9.17, 15) is 0 Å². The zero-order chi connectivity index (χ0) is 15.0. The Balaban J connectivity index is 0.00000192. The molecule has 0 fully saturated rings. The fraction of sp³-hybridized carbons (Fsp3) is 0.143. The van der Waals surface area contributed by atoms with Crippen LogP contribution in [-0.2, 0) is 18.5 Å². The van der Waals surface area contributed by atoms with Gasteiger partial charge in [0.15, 0.2) is 0 Å². The predicted molar refractivity (Wildman–Crippen MR) is 105 cm³/mol. The molecule has 0 aliphatic carbocycles. The molecule has 0 bridgehead atoms. The quantitative estimate of drug-likeness (QED) is 0.450. The van der Waals surface area contributed by atoms with E-state index in [2.05, 4.69) is 91.0 Å². The Morgan fingerprint density at radius 1 is 0.435 bits per heavy atom. The van der Waals surface area contributed by atoms with E-state index in [0.717, 1.165) is 0 Å². The summed E-state index contributed by atoms with van der Waals surface area (Å²) in [6.45, 7) is 0. The second-order valence-electron chi connectivity index (χ2n) is 5.60. The van der Waals surface area contributed by atoms with Crippen molar-refractivity contribution in [2.24, 2.45) is 0 Å². The number of hydrogen-bond acceptors (Lipinski definition) is 0. The van der Waals surface area contributed by atoms with E-state index in [1.807, 2.05) is 0 Å². The molecule has 3 rings (SSSR count). The Kier molecular flexibility index (Phi) is 7.33. The van der Waals surface area contributed by atoms with Crippen LogP contribution in [0.2, 0.25) is 0 Å². The molecule has 0 saturated carbocycles. The molecule has 0 saturated heterocycles. The maximum absolute atomic E-state index is 2.26. The van der Waals surface area contributed by atoms with Gasteiger partial charge in [0.1, 0.15) is 0 Å². The van der Waals surface area contributed by atoms with Crippen molar-refractivity contribution < 1.29 is 0 Å². The molecule has 0 spiro atoms. The Bertz CT molecular complexity index is 569. The minimum atomic E-state index is -0.0895. The maximum atomic E-state index is 2.26. The van der Waals surface area contributed by atoms with Crippen LogP contribution in [-0.4, -0.2) is 0 Å². The molecule has 0 amide bonds. The van der Waals surface area contributed by atoms with Gasteiger partial charge in [-0.2, -0.15) is 0 Å². The lowest BCUT2D eigenvalue weighted by molar-refractivity contribution is 1.26. The number of rotatable bonds is 6. The first kappa shape index (κ1) is 17.7. The Labute approximate surface area is 146 Å².